The quantitative estimate of drug-likeness (QED) is 0.462. The van der Waals surface area contributed by atoms with Crippen molar-refractivity contribution in [3.05, 3.63) is 40.7 Å². The summed E-state index contributed by atoms with van der Waals surface area (Å²) in [5.74, 6) is -0.837. The second-order valence-electron chi connectivity index (χ2n) is 8.76. The molecule has 1 amide bonds. The number of hydrogen-bond donors (Lipinski definition) is 1. The summed E-state index contributed by atoms with van der Waals surface area (Å²) in [6.45, 7) is 13.5. The molecule has 8 heteroatoms. The van der Waals surface area contributed by atoms with Gasteiger partial charge in [0.2, 0.25) is 5.91 Å². The Bertz CT molecular complexity index is 796. The molecule has 1 aliphatic heterocycles. The first kappa shape index (κ1) is 23.6. The van der Waals surface area contributed by atoms with Gasteiger partial charge in [0.05, 0.1) is 17.3 Å². The maximum absolute atomic E-state index is 14.5. The summed E-state index contributed by atoms with van der Waals surface area (Å²) in [4.78, 5) is 11.4. The van der Waals surface area contributed by atoms with E-state index in [4.69, 9.17) is 20.8 Å². The second kappa shape index (κ2) is 9.41. The van der Waals surface area contributed by atoms with Crippen LogP contribution in [0, 0.1) is 11.7 Å². The number of ether oxygens (including phenoxy) is 1. The van der Waals surface area contributed by atoms with Crippen LogP contribution in [0.25, 0.3) is 0 Å². The third-order valence-electron chi connectivity index (χ3n) is 5.39. The van der Waals surface area contributed by atoms with Gasteiger partial charge in [-0.1, -0.05) is 45.4 Å². The predicted octanol–water partition coefficient (Wildman–Crippen LogP) is 5.30. The highest BCUT2D eigenvalue weighted by molar-refractivity contribution is 6.74. The highest BCUT2D eigenvalue weighted by atomic mass is 35.5. The lowest BCUT2D eigenvalue weighted by Gasteiger charge is -2.35. The van der Waals surface area contributed by atoms with Gasteiger partial charge in [0.1, 0.15) is 6.61 Å². The van der Waals surface area contributed by atoms with Crippen LogP contribution in [0.1, 0.15) is 39.7 Å². The van der Waals surface area contributed by atoms with E-state index >= 15 is 0 Å². The Labute approximate surface area is 178 Å². The molecule has 2 rings (SSSR count). The van der Waals surface area contributed by atoms with Gasteiger partial charge in [-0.15, -0.1) is 0 Å². The van der Waals surface area contributed by atoms with Crippen molar-refractivity contribution >= 4 is 31.5 Å². The fraction of sp³-hybridized carbons (Fsp3) is 0.524. The Kier molecular flexibility index (Phi) is 7.65. The Balaban J connectivity index is 1.96. The van der Waals surface area contributed by atoms with Gasteiger partial charge in [0.15, 0.2) is 19.9 Å². The van der Waals surface area contributed by atoms with E-state index in [1.165, 1.54) is 6.07 Å². The van der Waals surface area contributed by atoms with E-state index in [2.05, 4.69) is 44.4 Å². The molecule has 0 bridgehead atoms. The van der Waals surface area contributed by atoms with Gasteiger partial charge >= 0.3 is 0 Å². The first-order chi connectivity index (χ1) is 13.4. The summed E-state index contributed by atoms with van der Waals surface area (Å²) >= 11 is 6.23. The summed E-state index contributed by atoms with van der Waals surface area (Å²) in [7, 11) is -1.79. The molecular formula is C21H30ClFN2O3Si. The molecule has 29 heavy (non-hydrogen) atoms. The number of halogens is 2. The van der Waals surface area contributed by atoms with Crippen molar-refractivity contribution in [2.75, 3.05) is 13.2 Å². The Hall–Kier alpha value is -1.70. The van der Waals surface area contributed by atoms with Crippen LogP contribution in [0.3, 0.4) is 0 Å². The number of nitrogens with zero attached hydrogens (tertiary/aromatic N) is 1. The minimum absolute atomic E-state index is 0.00141. The zero-order valence-corrected chi connectivity index (χ0v) is 19.7. The number of hydrazone groups is 1. The zero-order valence-electron chi connectivity index (χ0n) is 17.9. The Morgan fingerprint density at radius 2 is 1.97 bits per heavy atom. The first-order valence-electron chi connectivity index (χ1n) is 9.70. The van der Waals surface area contributed by atoms with E-state index in [0.29, 0.717) is 24.3 Å². The lowest BCUT2D eigenvalue weighted by Crippen LogP contribution is -2.40. The molecule has 1 heterocycles. The molecule has 0 saturated carbocycles. The third-order valence-corrected chi connectivity index (χ3v) is 10.2. The summed E-state index contributed by atoms with van der Waals surface area (Å²) in [5.41, 5.74) is 3.55. The summed E-state index contributed by atoms with van der Waals surface area (Å²) in [6.07, 6.45) is 3.97. The molecule has 0 aliphatic carbocycles. The van der Waals surface area contributed by atoms with Crippen molar-refractivity contribution in [1.29, 1.82) is 0 Å². The SMILES string of the molecule is CC1CC(=O)NN=C1c1cc(F)c(OCC=CCO[Si](C)(C)C(C)(C)C)c(Cl)c1. The molecule has 0 fully saturated rings. The summed E-state index contributed by atoms with van der Waals surface area (Å²) in [6, 6.07) is 2.94. The van der Waals surface area contributed by atoms with E-state index in [1.807, 2.05) is 13.0 Å². The van der Waals surface area contributed by atoms with Crippen molar-refractivity contribution < 1.29 is 18.3 Å². The molecule has 1 aromatic rings. The zero-order chi connectivity index (χ0) is 21.8. The number of benzene rings is 1. The lowest BCUT2D eigenvalue weighted by atomic mass is 9.94. The molecule has 5 nitrogen and oxygen atoms in total. The van der Waals surface area contributed by atoms with E-state index in [1.54, 1.807) is 12.1 Å². The Morgan fingerprint density at radius 3 is 2.55 bits per heavy atom. The van der Waals surface area contributed by atoms with Gasteiger partial charge < -0.3 is 9.16 Å². The minimum atomic E-state index is -1.79. The van der Waals surface area contributed by atoms with Crippen LogP contribution in [0.15, 0.2) is 29.4 Å². The van der Waals surface area contributed by atoms with Crippen LogP contribution < -0.4 is 10.2 Å². The Morgan fingerprint density at radius 1 is 1.31 bits per heavy atom. The van der Waals surface area contributed by atoms with Crippen LogP contribution >= 0.6 is 11.6 Å². The second-order valence-corrected chi connectivity index (χ2v) is 14.0. The van der Waals surface area contributed by atoms with E-state index in [0.717, 1.165) is 0 Å². The maximum Gasteiger partial charge on any atom is 0.240 e. The number of amides is 1. The first-order valence-corrected chi connectivity index (χ1v) is 13.0. The smallest absolute Gasteiger partial charge is 0.240 e. The summed E-state index contributed by atoms with van der Waals surface area (Å²) < 4.78 is 26.1. The van der Waals surface area contributed by atoms with E-state index in [-0.39, 0.29) is 34.2 Å². The van der Waals surface area contributed by atoms with Crippen LogP contribution in [0.4, 0.5) is 4.39 Å². The molecule has 160 valence electrons. The molecule has 0 saturated heterocycles. The van der Waals surface area contributed by atoms with Crippen molar-refractivity contribution in [2.45, 2.75) is 52.2 Å². The van der Waals surface area contributed by atoms with Gasteiger partial charge in [-0.3, -0.25) is 4.79 Å². The predicted molar refractivity (Wildman–Crippen MR) is 118 cm³/mol. The van der Waals surface area contributed by atoms with E-state index < -0.39 is 14.1 Å². The molecule has 1 aromatic carbocycles. The molecule has 0 spiro atoms. The average molecular weight is 441 g/mol. The monoisotopic (exact) mass is 440 g/mol. The minimum Gasteiger partial charge on any atom is -0.485 e. The van der Waals surface area contributed by atoms with E-state index in [9.17, 15) is 9.18 Å². The largest absolute Gasteiger partial charge is 0.485 e. The number of hydrogen-bond acceptors (Lipinski definition) is 4. The maximum atomic E-state index is 14.5. The van der Waals surface area contributed by atoms with Crippen LogP contribution in [0.2, 0.25) is 23.2 Å². The highest BCUT2D eigenvalue weighted by Gasteiger charge is 2.36. The van der Waals surface area contributed by atoms with Crippen molar-refractivity contribution in [3.8, 4) is 5.75 Å². The fourth-order valence-corrected chi connectivity index (χ4v) is 3.80. The molecule has 0 radical (unpaired) electrons. The van der Waals surface area contributed by atoms with Crippen molar-refractivity contribution in [2.24, 2.45) is 11.0 Å². The van der Waals surface area contributed by atoms with Gasteiger partial charge in [0.25, 0.3) is 0 Å². The number of nitrogens with one attached hydrogen (secondary N) is 1. The third kappa shape index (κ3) is 6.14. The van der Waals surface area contributed by atoms with Crippen molar-refractivity contribution in [1.82, 2.24) is 5.43 Å². The van der Waals surface area contributed by atoms with Crippen molar-refractivity contribution in [3.63, 3.8) is 0 Å². The topological polar surface area (TPSA) is 59.9 Å². The highest BCUT2D eigenvalue weighted by Crippen LogP contribution is 2.36. The average Bonchev–Trinajstić information content (AvgIpc) is 2.58. The number of carbonyl (C=O) groups is 1. The molecule has 1 unspecified atom stereocenters. The normalized spacial score (nSPS) is 18.0. The van der Waals surface area contributed by atoms with Crippen LogP contribution in [-0.4, -0.2) is 33.2 Å². The molecule has 1 atom stereocenters. The van der Waals surface area contributed by atoms with Crippen LogP contribution in [-0.2, 0) is 9.22 Å². The van der Waals surface area contributed by atoms with Crippen LogP contribution in [0.5, 0.6) is 5.75 Å². The molecule has 1 aliphatic rings. The molecule has 1 N–H and O–H groups in total. The summed E-state index contributed by atoms with van der Waals surface area (Å²) in [5, 5.41) is 4.35. The number of rotatable bonds is 7. The molecular weight excluding hydrogens is 411 g/mol. The van der Waals surface area contributed by atoms with Gasteiger partial charge in [-0.05, 0) is 36.3 Å². The van der Waals surface area contributed by atoms with Gasteiger partial charge in [0, 0.05) is 17.9 Å². The standard InChI is InChI=1S/C21H30ClFN2O3Si/c1-14-11-18(26)24-25-19(14)15-12-16(22)20(17(23)13-15)27-9-7-8-10-28-29(5,6)21(2,3)4/h7-8,12-14H,9-11H2,1-6H3,(H,24,26). The fourth-order valence-electron chi connectivity index (χ4n) is 2.59. The number of carbonyl (C=O) groups excluding carboxylic acids is 1. The molecule has 0 aromatic heterocycles. The van der Waals surface area contributed by atoms with Gasteiger partial charge in [-0.25, -0.2) is 9.82 Å². The van der Waals surface area contributed by atoms with Gasteiger partial charge in [-0.2, -0.15) is 5.10 Å². The lowest BCUT2D eigenvalue weighted by molar-refractivity contribution is -0.121.